The zero-order valence-electron chi connectivity index (χ0n) is 20.0. The number of aromatic nitrogens is 2. The molecule has 0 aliphatic carbocycles. The number of carbonyl (C=O) groups is 1. The number of esters is 1. The number of nitrogens with one attached hydrogen (secondary N) is 2. The molecule has 4 rings (SSSR count). The predicted molar refractivity (Wildman–Crippen MR) is 147 cm³/mol. The van der Waals surface area contributed by atoms with Crippen LogP contribution in [0.3, 0.4) is 0 Å². The van der Waals surface area contributed by atoms with Gasteiger partial charge in [-0.25, -0.2) is 4.79 Å². The van der Waals surface area contributed by atoms with Gasteiger partial charge in [-0.15, -0.1) is 24.8 Å². The van der Waals surface area contributed by atoms with Gasteiger partial charge >= 0.3 is 5.97 Å². The lowest BCUT2D eigenvalue weighted by Crippen LogP contribution is -2.32. The standard InChI is InChI=1S/C27H28N4O3.2ClH/c1-17-3-12-24(18(2)13-17)27(33)34-23-10-6-20(7-11-23)25(14-28)26(32)31-22-8-4-19(5-9-22)21-15-29-30-16-21;;/h3-13,15-16,25-26,31-32H,14,28H2,1-2H3,(H,29,30);2*1H. The molecule has 0 saturated heterocycles. The number of aromatic amines is 1. The fraction of sp³-hybridized carbons (Fsp3) is 0.185. The molecule has 5 N–H and O–H groups in total. The van der Waals surface area contributed by atoms with E-state index in [9.17, 15) is 9.90 Å². The van der Waals surface area contributed by atoms with Crippen LogP contribution in [0.15, 0.2) is 79.1 Å². The molecule has 3 aromatic carbocycles. The van der Waals surface area contributed by atoms with Gasteiger partial charge in [0.25, 0.3) is 0 Å². The highest BCUT2D eigenvalue weighted by atomic mass is 35.5. The molecule has 0 fully saturated rings. The summed E-state index contributed by atoms with van der Waals surface area (Å²) in [6.07, 6.45) is 2.68. The Bertz CT molecular complexity index is 1250. The highest BCUT2D eigenvalue weighted by Crippen LogP contribution is 2.25. The Morgan fingerprint density at radius 1 is 1.03 bits per heavy atom. The summed E-state index contributed by atoms with van der Waals surface area (Å²) in [6.45, 7) is 4.11. The first-order valence-corrected chi connectivity index (χ1v) is 11.1. The van der Waals surface area contributed by atoms with Crippen molar-refractivity contribution in [2.45, 2.75) is 26.0 Å². The van der Waals surface area contributed by atoms with E-state index in [0.717, 1.165) is 33.5 Å². The van der Waals surface area contributed by atoms with Crippen molar-refractivity contribution in [2.24, 2.45) is 5.73 Å². The van der Waals surface area contributed by atoms with Gasteiger partial charge in [0, 0.05) is 29.9 Å². The lowest BCUT2D eigenvalue weighted by molar-refractivity contribution is 0.0734. The molecule has 0 amide bonds. The fourth-order valence-corrected chi connectivity index (χ4v) is 3.87. The second kappa shape index (κ2) is 13.1. The number of aryl methyl sites for hydroxylation is 2. The Morgan fingerprint density at radius 3 is 2.31 bits per heavy atom. The third-order valence-electron chi connectivity index (χ3n) is 5.79. The minimum atomic E-state index is -0.895. The third-order valence-corrected chi connectivity index (χ3v) is 5.79. The first-order valence-electron chi connectivity index (χ1n) is 11.1. The quantitative estimate of drug-likeness (QED) is 0.141. The largest absolute Gasteiger partial charge is 0.423 e. The molecular formula is C27H30Cl2N4O3. The van der Waals surface area contributed by atoms with E-state index in [-0.39, 0.29) is 37.3 Å². The summed E-state index contributed by atoms with van der Waals surface area (Å²) in [4.78, 5) is 12.5. The van der Waals surface area contributed by atoms with E-state index in [4.69, 9.17) is 10.5 Å². The number of H-pyrrole nitrogens is 1. The van der Waals surface area contributed by atoms with Gasteiger partial charge in [0.2, 0.25) is 0 Å². The second-order valence-corrected chi connectivity index (χ2v) is 8.27. The maximum atomic E-state index is 12.5. The monoisotopic (exact) mass is 528 g/mol. The van der Waals surface area contributed by atoms with Crippen molar-refractivity contribution in [1.82, 2.24) is 10.2 Å². The Labute approximate surface area is 222 Å². The molecule has 0 aliphatic heterocycles. The zero-order valence-corrected chi connectivity index (χ0v) is 21.6. The van der Waals surface area contributed by atoms with Gasteiger partial charge in [-0.2, -0.15) is 5.10 Å². The summed E-state index contributed by atoms with van der Waals surface area (Å²) in [5, 5.41) is 20.7. The van der Waals surface area contributed by atoms with Crippen LogP contribution >= 0.6 is 24.8 Å². The Balaban J connectivity index is 0.00000228. The Morgan fingerprint density at radius 2 is 1.72 bits per heavy atom. The zero-order chi connectivity index (χ0) is 24.1. The molecule has 0 spiro atoms. The fourth-order valence-electron chi connectivity index (χ4n) is 3.87. The summed E-state index contributed by atoms with van der Waals surface area (Å²) in [5.41, 5.74) is 12.1. The van der Waals surface area contributed by atoms with E-state index >= 15 is 0 Å². The molecule has 4 aromatic rings. The maximum Gasteiger partial charge on any atom is 0.343 e. The number of anilines is 1. The molecule has 7 nitrogen and oxygen atoms in total. The Kier molecular flexibility index (Phi) is 10.5. The second-order valence-electron chi connectivity index (χ2n) is 8.27. The highest BCUT2D eigenvalue weighted by Gasteiger charge is 2.20. The number of aliphatic hydroxyl groups is 1. The van der Waals surface area contributed by atoms with Crippen LogP contribution in [0.2, 0.25) is 0 Å². The molecule has 9 heteroatoms. The van der Waals surface area contributed by atoms with Gasteiger partial charge in [-0.05, 0) is 60.9 Å². The van der Waals surface area contributed by atoms with Crippen molar-refractivity contribution >= 4 is 36.5 Å². The van der Waals surface area contributed by atoms with E-state index in [0.29, 0.717) is 11.3 Å². The average Bonchev–Trinajstić information content (AvgIpc) is 3.36. The summed E-state index contributed by atoms with van der Waals surface area (Å²) in [5.74, 6) is -0.319. The lowest BCUT2D eigenvalue weighted by atomic mass is 9.97. The molecule has 0 aliphatic rings. The van der Waals surface area contributed by atoms with Crippen molar-refractivity contribution < 1.29 is 14.6 Å². The van der Waals surface area contributed by atoms with Crippen LogP contribution in [0.4, 0.5) is 5.69 Å². The SMILES string of the molecule is Cc1ccc(C(=O)Oc2ccc(C(CN)C(O)Nc3ccc(-c4cn[nH]c4)cc3)cc2)c(C)c1.Cl.Cl. The van der Waals surface area contributed by atoms with Crippen molar-refractivity contribution in [3.63, 3.8) is 0 Å². The number of carbonyl (C=O) groups excluding carboxylic acids is 1. The number of hydrogen-bond acceptors (Lipinski definition) is 6. The van der Waals surface area contributed by atoms with Gasteiger partial charge in [0.1, 0.15) is 12.0 Å². The van der Waals surface area contributed by atoms with Gasteiger partial charge in [-0.3, -0.25) is 5.10 Å². The molecule has 0 bridgehead atoms. The molecular weight excluding hydrogens is 499 g/mol. The molecule has 1 heterocycles. The first-order chi connectivity index (χ1) is 16.4. The number of rotatable bonds is 8. The van der Waals surface area contributed by atoms with Gasteiger partial charge < -0.3 is 20.9 Å². The maximum absolute atomic E-state index is 12.5. The summed E-state index contributed by atoms with van der Waals surface area (Å²) in [7, 11) is 0. The first kappa shape index (κ1) is 28.9. The average molecular weight is 529 g/mol. The van der Waals surface area contributed by atoms with E-state index in [1.54, 1.807) is 24.4 Å². The van der Waals surface area contributed by atoms with E-state index < -0.39 is 12.2 Å². The van der Waals surface area contributed by atoms with Crippen LogP contribution in [0, 0.1) is 13.8 Å². The van der Waals surface area contributed by atoms with E-state index in [1.165, 1.54) is 0 Å². The van der Waals surface area contributed by atoms with Crippen molar-refractivity contribution in [3.05, 3.63) is 101 Å². The van der Waals surface area contributed by atoms with Crippen LogP contribution in [0.1, 0.15) is 33.0 Å². The molecule has 36 heavy (non-hydrogen) atoms. The van der Waals surface area contributed by atoms with Crippen LogP contribution < -0.4 is 15.8 Å². The van der Waals surface area contributed by atoms with Crippen molar-refractivity contribution in [2.75, 3.05) is 11.9 Å². The minimum Gasteiger partial charge on any atom is -0.423 e. The highest BCUT2D eigenvalue weighted by molar-refractivity contribution is 5.92. The summed E-state index contributed by atoms with van der Waals surface area (Å²) < 4.78 is 5.53. The summed E-state index contributed by atoms with van der Waals surface area (Å²) >= 11 is 0. The number of nitrogens with zero attached hydrogens (tertiary/aromatic N) is 1. The normalized spacial score (nSPS) is 12.0. The number of nitrogens with two attached hydrogens (primary N) is 1. The van der Waals surface area contributed by atoms with Crippen LogP contribution in [0.5, 0.6) is 5.75 Å². The molecule has 2 unspecified atom stereocenters. The summed E-state index contributed by atoms with van der Waals surface area (Å²) in [6, 6.07) is 20.4. The minimum absolute atomic E-state index is 0. The van der Waals surface area contributed by atoms with Gasteiger partial charge in [0.05, 0.1) is 11.8 Å². The predicted octanol–water partition coefficient (Wildman–Crippen LogP) is 5.23. The molecule has 0 radical (unpaired) electrons. The van der Waals surface area contributed by atoms with Crippen molar-refractivity contribution in [1.29, 1.82) is 0 Å². The molecule has 190 valence electrons. The number of halogens is 2. The van der Waals surface area contributed by atoms with Crippen LogP contribution in [-0.2, 0) is 0 Å². The lowest BCUT2D eigenvalue weighted by Gasteiger charge is -2.24. The van der Waals surface area contributed by atoms with Crippen LogP contribution in [0.25, 0.3) is 11.1 Å². The van der Waals surface area contributed by atoms with Crippen molar-refractivity contribution in [3.8, 4) is 16.9 Å². The number of benzene rings is 3. The molecule has 0 saturated carbocycles. The number of aliphatic hydroxyl groups excluding tert-OH is 1. The van der Waals surface area contributed by atoms with Crippen LogP contribution in [-0.4, -0.2) is 34.0 Å². The molecule has 2 atom stereocenters. The van der Waals surface area contributed by atoms with Gasteiger partial charge in [-0.1, -0.05) is 42.0 Å². The number of hydrogen-bond donors (Lipinski definition) is 4. The molecule has 1 aromatic heterocycles. The van der Waals surface area contributed by atoms with E-state index in [1.807, 2.05) is 68.6 Å². The number of ether oxygens (including phenoxy) is 1. The Hall–Kier alpha value is -3.36. The smallest absolute Gasteiger partial charge is 0.343 e. The van der Waals surface area contributed by atoms with E-state index in [2.05, 4.69) is 15.5 Å². The topological polar surface area (TPSA) is 113 Å². The van der Waals surface area contributed by atoms with Gasteiger partial charge in [0.15, 0.2) is 0 Å². The third kappa shape index (κ3) is 6.86.